The maximum absolute atomic E-state index is 10.7. The summed E-state index contributed by atoms with van der Waals surface area (Å²) in [6.07, 6.45) is -0.0703. The summed E-state index contributed by atoms with van der Waals surface area (Å²) in [6.45, 7) is 0. The van der Waals surface area contributed by atoms with Crippen LogP contribution < -0.4 is 0 Å². The summed E-state index contributed by atoms with van der Waals surface area (Å²) in [5.74, 6) is -0.776. The first-order valence-corrected chi connectivity index (χ1v) is 5.84. The van der Waals surface area contributed by atoms with Crippen molar-refractivity contribution in [3.63, 3.8) is 0 Å². The third kappa shape index (κ3) is 3.09. The molecule has 1 heterocycles. The van der Waals surface area contributed by atoms with Crippen LogP contribution in [0.1, 0.15) is 12.3 Å². The van der Waals surface area contributed by atoms with Crippen molar-refractivity contribution in [2.24, 2.45) is 0 Å². The largest absolute Gasteiger partial charge is 0.481 e. The van der Waals surface area contributed by atoms with Gasteiger partial charge in [0.2, 0.25) is 11.7 Å². The Kier molecular flexibility index (Phi) is 3.94. The second-order valence-corrected chi connectivity index (χ2v) is 4.23. The second-order valence-electron chi connectivity index (χ2n) is 3.83. The molecule has 0 saturated carbocycles. The predicted octanol–water partition coefficient (Wildman–Crippen LogP) is 2.32. The van der Waals surface area contributed by atoms with Crippen LogP contribution in [-0.4, -0.2) is 26.1 Å². The zero-order valence-corrected chi connectivity index (χ0v) is 10.7. The lowest BCUT2D eigenvalue weighted by Gasteiger charge is -1.98. The first kappa shape index (κ1) is 13.9. The van der Waals surface area contributed by atoms with Gasteiger partial charge in [0.1, 0.15) is 0 Å². The molecule has 104 valence electrons. The van der Waals surface area contributed by atoms with Gasteiger partial charge in [-0.2, -0.15) is 4.98 Å². The molecule has 20 heavy (non-hydrogen) atoms. The van der Waals surface area contributed by atoms with Crippen molar-refractivity contribution in [2.75, 3.05) is 0 Å². The minimum atomic E-state index is -0.988. The van der Waals surface area contributed by atoms with Crippen LogP contribution in [0.15, 0.2) is 22.7 Å². The number of nitrogens with zero attached hydrogens (tertiary/aromatic N) is 3. The van der Waals surface area contributed by atoms with Crippen molar-refractivity contribution in [1.29, 1.82) is 0 Å². The number of halogens is 1. The molecule has 0 spiro atoms. The number of hydrogen-bond donors (Lipinski definition) is 1. The molecular weight excluding hydrogens is 290 g/mol. The highest BCUT2D eigenvalue weighted by atomic mass is 35.5. The van der Waals surface area contributed by atoms with Crippen LogP contribution in [0, 0.1) is 10.1 Å². The standard InChI is InChI=1S/C11H8ClN3O5/c12-8-2-1-6(15(18)19)5-7(8)11-13-9(20-14-11)3-4-10(16)17/h1-2,5H,3-4H2,(H,16,17). The number of aliphatic carboxylic acids is 1. The molecule has 0 bridgehead atoms. The Bertz CT molecular complexity index is 670. The molecule has 2 rings (SSSR count). The molecule has 0 aliphatic carbocycles. The van der Waals surface area contributed by atoms with Gasteiger partial charge in [-0.1, -0.05) is 16.8 Å². The average Bonchev–Trinajstić information content (AvgIpc) is 2.85. The Hall–Kier alpha value is -2.48. The van der Waals surface area contributed by atoms with Crippen molar-refractivity contribution in [1.82, 2.24) is 10.1 Å². The molecule has 0 atom stereocenters. The zero-order valence-electron chi connectivity index (χ0n) is 9.95. The van der Waals surface area contributed by atoms with Crippen molar-refractivity contribution >= 4 is 23.3 Å². The number of rotatable bonds is 5. The summed E-state index contributed by atoms with van der Waals surface area (Å²) >= 11 is 5.93. The van der Waals surface area contributed by atoms with Gasteiger partial charge in [0.05, 0.1) is 16.4 Å². The highest BCUT2D eigenvalue weighted by Crippen LogP contribution is 2.29. The van der Waals surface area contributed by atoms with Crippen LogP contribution >= 0.6 is 11.6 Å². The van der Waals surface area contributed by atoms with E-state index < -0.39 is 10.9 Å². The van der Waals surface area contributed by atoms with E-state index in [1.807, 2.05) is 0 Å². The number of hydrogen-bond acceptors (Lipinski definition) is 6. The Labute approximate surface area is 117 Å². The molecule has 1 aromatic heterocycles. The van der Waals surface area contributed by atoms with Gasteiger partial charge in [-0.25, -0.2) is 0 Å². The molecule has 0 amide bonds. The molecular formula is C11H8ClN3O5. The normalized spacial score (nSPS) is 10.4. The molecule has 8 nitrogen and oxygen atoms in total. The van der Waals surface area contributed by atoms with Gasteiger partial charge in [0.25, 0.3) is 5.69 Å². The summed E-state index contributed by atoms with van der Waals surface area (Å²) in [5, 5.41) is 23.1. The third-order valence-electron chi connectivity index (χ3n) is 2.42. The Morgan fingerprint density at radius 1 is 1.50 bits per heavy atom. The molecule has 0 fully saturated rings. The van der Waals surface area contributed by atoms with Crippen LogP contribution in [0.3, 0.4) is 0 Å². The molecule has 2 aromatic rings. The van der Waals surface area contributed by atoms with E-state index in [9.17, 15) is 14.9 Å². The third-order valence-corrected chi connectivity index (χ3v) is 2.75. The number of carbonyl (C=O) groups is 1. The number of benzene rings is 1. The van der Waals surface area contributed by atoms with Gasteiger partial charge in [-0.15, -0.1) is 0 Å². The molecule has 9 heteroatoms. The zero-order chi connectivity index (χ0) is 14.7. The number of non-ortho nitro benzene ring substituents is 1. The smallest absolute Gasteiger partial charge is 0.303 e. The molecule has 0 aliphatic rings. The van der Waals surface area contributed by atoms with E-state index in [0.29, 0.717) is 0 Å². The fourth-order valence-corrected chi connectivity index (χ4v) is 1.68. The Morgan fingerprint density at radius 2 is 2.25 bits per heavy atom. The van der Waals surface area contributed by atoms with Crippen LogP contribution in [0.4, 0.5) is 5.69 Å². The molecule has 1 N–H and O–H groups in total. The molecule has 1 aromatic carbocycles. The van der Waals surface area contributed by atoms with Crippen molar-refractivity contribution in [3.05, 3.63) is 39.2 Å². The lowest BCUT2D eigenvalue weighted by atomic mass is 10.2. The van der Waals surface area contributed by atoms with Gasteiger partial charge >= 0.3 is 5.97 Å². The quantitative estimate of drug-likeness (QED) is 0.664. The molecule has 0 aliphatic heterocycles. The number of aryl methyl sites for hydroxylation is 1. The summed E-state index contributed by atoms with van der Waals surface area (Å²) in [4.78, 5) is 24.5. The summed E-state index contributed by atoms with van der Waals surface area (Å²) in [6, 6.07) is 3.85. The van der Waals surface area contributed by atoms with Crippen LogP contribution in [0.5, 0.6) is 0 Å². The Balaban J connectivity index is 2.29. The summed E-state index contributed by atoms with van der Waals surface area (Å²) < 4.78 is 4.87. The number of carboxylic acid groups (broad SMARTS) is 1. The van der Waals surface area contributed by atoms with Gasteiger partial charge in [-0.05, 0) is 6.07 Å². The predicted molar refractivity (Wildman–Crippen MR) is 67.4 cm³/mol. The first-order valence-electron chi connectivity index (χ1n) is 5.46. The lowest BCUT2D eigenvalue weighted by molar-refractivity contribution is -0.384. The molecule has 0 unspecified atom stereocenters. The fraction of sp³-hybridized carbons (Fsp3) is 0.182. The summed E-state index contributed by atoms with van der Waals surface area (Å²) in [7, 11) is 0. The molecule has 0 radical (unpaired) electrons. The van der Waals surface area contributed by atoms with Gasteiger partial charge < -0.3 is 9.63 Å². The Morgan fingerprint density at radius 3 is 2.90 bits per heavy atom. The van der Waals surface area contributed by atoms with E-state index in [2.05, 4.69) is 10.1 Å². The van der Waals surface area contributed by atoms with Crippen molar-refractivity contribution in [3.8, 4) is 11.4 Å². The highest BCUT2D eigenvalue weighted by molar-refractivity contribution is 6.33. The number of aromatic nitrogens is 2. The average molecular weight is 298 g/mol. The van der Waals surface area contributed by atoms with Crippen LogP contribution in [-0.2, 0) is 11.2 Å². The first-order chi connectivity index (χ1) is 9.47. The van der Waals surface area contributed by atoms with E-state index in [4.69, 9.17) is 21.2 Å². The highest BCUT2D eigenvalue weighted by Gasteiger charge is 2.16. The maximum Gasteiger partial charge on any atom is 0.303 e. The summed E-state index contributed by atoms with van der Waals surface area (Å²) in [5.41, 5.74) is 0.104. The number of nitro benzene ring substituents is 1. The van der Waals surface area contributed by atoms with Crippen molar-refractivity contribution < 1.29 is 19.3 Å². The van der Waals surface area contributed by atoms with Gasteiger partial charge in [-0.3, -0.25) is 14.9 Å². The van der Waals surface area contributed by atoms with E-state index >= 15 is 0 Å². The van der Waals surface area contributed by atoms with Crippen molar-refractivity contribution in [2.45, 2.75) is 12.8 Å². The van der Waals surface area contributed by atoms with Gasteiger partial charge in [0.15, 0.2) is 0 Å². The van der Waals surface area contributed by atoms with Gasteiger partial charge in [0, 0.05) is 24.1 Å². The van der Waals surface area contributed by atoms with E-state index in [-0.39, 0.29) is 40.8 Å². The lowest BCUT2D eigenvalue weighted by Crippen LogP contribution is -1.97. The maximum atomic E-state index is 10.7. The minimum absolute atomic E-state index is 0.0783. The number of carboxylic acids is 1. The molecule has 0 saturated heterocycles. The monoisotopic (exact) mass is 297 g/mol. The number of nitro groups is 1. The SMILES string of the molecule is O=C(O)CCc1nc(-c2cc([N+](=O)[O-])ccc2Cl)no1. The van der Waals surface area contributed by atoms with E-state index in [0.717, 1.165) is 0 Å². The van der Waals surface area contributed by atoms with E-state index in [1.54, 1.807) is 0 Å². The van der Waals surface area contributed by atoms with Crippen LogP contribution in [0.25, 0.3) is 11.4 Å². The second kappa shape index (κ2) is 5.66. The van der Waals surface area contributed by atoms with Crippen LogP contribution in [0.2, 0.25) is 5.02 Å². The topological polar surface area (TPSA) is 119 Å². The van der Waals surface area contributed by atoms with E-state index in [1.165, 1.54) is 18.2 Å². The minimum Gasteiger partial charge on any atom is -0.481 e. The fourth-order valence-electron chi connectivity index (χ4n) is 1.48.